The standard InChI is InChI=1S/C30H44N4O6/c1-20-18-34(21(2)19-35)29(36)26-16-24(33-30(37)32-23-9-12-25(38-5)13-10-23)11-14-27(26)40-22(3)8-6-7-15-39-28(20)17-31-4/h9-14,16,20-22,28,31,35H,6-8,15,17-19H2,1-5H3,(H2,32,33,37)/t20-,21-,22+,28+/m1/s1. The van der Waals surface area contributed by atoms with Crippen LogP contribution in [-0.4, -0.2) is 80.7 Å². The lowest BCUT2D eigenvalue weighted by Crippen LogP contribution is -2.47. The van der Waals surface area contributed by atoms with Crippen molar-refractivity contribution in [2.45, 2.75) is 58.3 Å². The normalized spacial score (nSPS) is 21.4. The number of ether oxygens (including phenoxy) is 3. The molecule has 0 bridgehead atoms. The maximum absolute atomic E-state index is 14.1. The lowest BCUT2D eigenvalue weighted by Gasteiger charge is -2.34. The number of likely N-dealkylation sites (N-methyl/N-ethyl adjacent to an activating group) is 1. The largest absolute Gasteiger partial charge is 0.497 e. The number of aliphatic hydroxyl groups excluding tert-OH is 1. The van der Waals surface area contributed by atoms with Gasteiger partial charge < -0.3 is 40.2 Å². The Morgan fingerprint density at radius 2 is 1.82 bits per heavy atom. The Balaban J connectivity index is 1.90. The van der Waals surface area contributed by atoms with Crippen molar-refractivity contribution in [1.29, 1.82) is 0 Å². The molecule has 0 fully saturated rings. The molecule has 1 aliphatic rings. The van der Waals surface area contributed by atoms with E-state index >= 15 is 0 Å². The number of nitrogens with zero attached hydrogens (tertiary/aromatic N) is 1. The van der Waals surface area contributed by atoms with Gasteiger partial charge in [0.2, 0.25) is 0 Å². The van der Waals surface area contributed by atoms with Gasteiger partial charge in [-0.3, -0.25) is 4.79 Å². The summed E-state index contributed by atoms with van der Waals surface area (Å²) in [4.78, 5) is 28.5. The summed E-state index contributed by atoms with van der Waals surface area (Å²) >= 11 is 0. The van der Waals surface area contributed by atoms with Gasteiger partial charge in [-0.25, -0.2) is 4.79 Å². The number of aliphatic hydroxyl groups is 1. The number of fused-ring (bicyclic) bond motifs is 1. The zero-order chi connectivity index (χ0) is 29.1. The monoisotopic (exact) mass is 556 g/mol. The average molecular weight is 557 g/mol. The molecule has 2 aromatic rings. The number of hydrogen-bond donors (Lipinski definition) is 4. The van der Waals surface area contributed by atoms with Gasteiger partial charge in [0.15, 0.2) is 0 Å². The molecule has 10 nitrogen and oxygen atoms in total. The smallest absolute Gasteiger partial charge is 0.323 e. The highest BCUT2D eigenvalue weighted by Gasteiger charge is 2.29. The number of urea groups is 1. The van der Waals surface area contributed by atoms with E-state index in [1.54, 1.807) is 54.5 Å². The van der Waals surface area contributed by atoms with E-state index in [0.717, 1.165) is 19.3 Å². The zero-order valence-electron chi connectivity index (χ0n) is 24.2. The van der Waals surface area contributed by atoms with Crippen LogP contribution in [0.4, 0.5) is 16.2 Å². The van der Waals surface area contributed by atoms with Gasteiger partial charge in [-0.05, 0) is 82.6 Å². The fourth-order valence-corrected chi connectivity index (χ4v) is 4.66. The second kappa shape index (κ2) is 15.4. The molecule has 0 saturated heterocycles. The summed E-state index contributed by atoms with van der Waals surface area (Å²) in [6, 6.07) is 11.2. The summed E-state index contributed by atoms with van der Waals surface area (Å²) in [7, 11) is 3.46. The number of carbonyl (C=O) groups excluding carboxylic acids is 2. The molecule has 2 aromatic carbocycles. The lowest BCUT2D eigenvalue weighted by atomic mass is 10.0. The molecular formula is C30H44N4O6. The number of methoxy groups -OCH3 is 1. The molecule has 0 unspecified atom stereocenters. The third-order valence-corrected chi connectivity index (χ3v) is 7.06. The van der Waals surface area contributed by atoms with Crippen LogP contribution in [0.2, 0.25) is 0 Å². The molecule has 0 aliphatic carbocycles. The molecule has 1 aliphatic heterocycles. The van der Waals surface area contributed by atoms with Crippen LogP contribution in [-0.2, 0) is 4.74 Å². The number of hydrogen-bond acceptors (Lipinski definition) is 7. The van der Waals surface area contributed by atoms with Crippen LogP contribution >= 0.6 is 0 Å². The number of anilines is 2. The first-order valence-corrected chi connectivity index (χ1v) is 14.0. The van der Waals surface area contributed by atoms with Crippen molar-refractivity contribution in [3.05, 3.63) is 48.0 Å². The summed E-state index contributed by atoms with van der Waals surface area (Å²) in [6.45, 7) is 7.34. The maximum Gasteiger partial charge on any atom is 0.323 e. The topological polar surface area (TPSA) is 121 Å². The molecule has 1 heterocycles. The fraction of sp³-hybridized carbons (Fsp3) is 0.533. The second-order valence-electron chi connectivity index (χ2n) is 10.4. The van der Waals surface area contributed by atoms with Crippen LogP contribution < -0.4 is 25.4 Å². The minimum Gasteiger partial charge on any atom is -0.497 e. The first-order valence-electron chi connectivity index (χ1n) is 14.0. The summed E-state index contributed by atoms with van der Waals surface area (Å²) in [5.74, 6) is 0.856. The Bertz CT molecular complexity index is 1100. The number of carbonyl (C=O) groups is 2. The van der Waals surface area contributed by atoms with Gasteiger partial charge in [0.1, 0.15) is 11.5 Å². The van der Waals surface area contributed by atoms with Crippen LogP contribution in [0.25, 0.3) is 0 Å². The SMILES string of the molecule is CNC[C@@H]1OCCCC[C@H](C)Oc2ccc(NC(=O)Nc3ccc(OC)cc3)cc2C(=O)N([C@H](C)CO)C[C@H]1C. The Morgan fingerprint density at radius 3 is 2.50 bits per heavy atom. The highest BCUT2D eigenvalue weighted by atomic mass is 16.5. The molecule has 4 atom stereocenters. The molecule has 0 saturated carbocycles. The van der Waals surface area contributed by atoms with Crippen molar-refractivity contribution in [3.63, 3.8) is 0 Å². The second-order valence-corrected chi connectivity index (χ2v) is 10.4. The van der Waals surface area contributed by atoms with Gasteiger partial charge >= 0.3 is 6.03 Å². The maximum atomic E-state index is 14.1. The van der Waals surface area contributed by atoms with E-state index in [4.69, 9.17) is 14.2 Å². The highest BCUT2D eigenvalue weighted by molar-refractivity contribution is 6.02. The van der Waals surface area contributed by atoms with E-state index in [1.165, 1.54) is 0 Å². The van der Waals surface area contributed by atoms with Gasteiger partial charge in [-0.15, -0.1) is 0 Å². The molecule has 0 aromatic heterocycles. The Morgan fingerprint density at radius 1 is 1.12 bits per heavy atom. The number of amides is 3. The van der Waals surface area contributed by atoms with E-state index in [1.807, 2.05) is 20.9 Å². The molecule has 4 N–H and O–H groups in total. The van der Waals surface area contributed by atoms with Crippen LogP contribution in [0.3, 0.4) is 0 Å². The van der Waals surface area contributed by atoms with Crippen molar-refractivity contribution < 1.29 is 28.9 Å². The third kappa shape index (κ3) is 8.84. The van der Waals surface area contributed by atoms with E-state index in [9.17, 15) is 14.7 Å². The summed E-state index contributed by atoms with van der Waals surface area (Å²) < 4.78 is 17.6. The first kappa shape index (κ1) is 31.2. The molecule has 3 rings (SSSR count). The Hall–Kier alpha value is -3.34. The van der Waals surface area contributed by atoms with Gasteiger partial charge in [0.05, 0.1) is 37.5 Å². The lowest BCUT2D eigenvalue weighted by molar-refractivity contribution is -0.000451. The van der Waals surface area contributed by atoms with Gasteiger partial charge in [-0.2, -0.15) is 0 Å². The summed E-state index contributed by atoms with van der Waals surface area (Å²) in [6.07, 6.45) is 2.45. The molecule has 0 spiro atoms. The first-order chi connectivity index (χ1) is 19.2. The van der Waals surface area contributed by atoms with Crippen LogP contribution in [0.5, 0.6) is 11.5 Å². The molecule has 40 heavy (non-hydrogen) atoms. The molecule has 0 radical (unpaired) electrons. The van der Waals surface area contributed by atoms with Crippen molar-refractivity contribution in [2.24, 2.45) is 5.92 Å². The van der Waals surface area contributed by atoms with Crippen molar-refractivity contribution >= 4 is 23.3 Å². The number of nitrogens with one attached hydrogen (secondary N) is 3. The Labute approximate surface area is 237 Å². The van der Waals surface area contributed by atoms with Gasteiger partial charge in [0, 0.05) is 37.0 Å². The predicted octanol–water partition coefficient (Wildman–Crippen LogP) is 4.35. The van der Waals surface area contributed by atoms with E-state index < -0.39 is 12.1 Å². The minimum absolute atomic E-state index is 0.00761. The predicted molar refractivity (Wildman–Crippen MR) is 156 cm³/mol. The van der Waals surface area contributed by atoms with E-state index in [-0.39, 0.29) is 30.6 Å². The van der Waals surface area contributed by atoms with E-state index in [0.29, 0.717) is 48.1 Å². The molecular weight excluding hydrogens is 512 g/mol. The highest BCUT2D eigenvalue weighted by Crippen LogP contribution is 2.28. The minimum atomic E-state index is -0.450. The number of rotatable bonds is 7. The van der Waals surface area contributed by atoms with Crippen LogP contribution in [0, 0.1) is 5.92 Å². The number of benzene rings is 2. The zero-order valence-corrected chi connectivity index (χ0v) is 24.2. The van der Waals surface area contributed by atoms with Crippen LogP contribution in [0.15, 0.2) is 42.5 Å². The quantitative estimate of drug-likeness (QED) is 0.400. The molecule has 220 valence electrons. The van der Waals surface area contributed by atoms with Gasteiger partial charge in [0.25, 0.3) is 5.91 Å². The third-order valence-electron chi connectivity index (χ3n) is 7.06. The van der Waals surface area contributed by atoms with Crippen molar-refractivity contribution in [3.8, 4) is 11.5 Å². The van der Waals surface area contributed by atoms with E-state index in [2.05, 4.69) is 22.9 Å². The Kier molecular flexibility index (Phi) is 12.0. The van der Waals surface area contributed by atoms with Gasteiger partial charge in [-0.1, -0.05) is 6.92 Å². The summed E-state index contributed by atoms with van der Waals surface area (Å²) in [5.41, 5.74) is 1.36. The van der Waals surface area contributed by atoms with Crippen molar-refractivity contribution in [1.82, 2.24) is 10.2 Å². The molecule has 3 amide bonds. The average Bonchev–Trinajstić information content (AvgIpc) is 2.95. The van der Waals surface area contributed by atoms with Crippen LogP contribution in [0.1, 0.15) is 50.4 Å². The van der Waals surface area contributed by atoms with Crippen molar-refractivity contribution in [2.75, 3.05) is 51.1 Å². The molecule has 10 heteroatoms. The summed E-state index contributed by atoms with van der Waals surface area (Å²) in [5, 5.41) is 18.8. The fourth-order valence-electron chi connectivity index (χ4n) is 4.66.